The molecule has 0 spiro atoms. The monoisotopic (exact) mass is 627 g/mol. The minimum atomic E-state index is -4.63. The van der Waals surface area contributed by atoms with Crippen molar-refractivity contribution in [3.05, 3.63) is 16.7 Å². The van der Waals surface area contributed by atoms with Gasteiger partial charge in [-0.1, -0.05) is 0 Å². The number of halogens is 3. The van der Waals surface area contributed by atoms with Crippen LogP contribution >= 0.6 is 7.67 Å². The summed E-state index contributed by atoms with van der Waals surface area (Å²) in [4.78, 5) is 46.2. The number of ether oxygens (including phenoxy) is 3. The van der Waals surface area contributed by atoms with Gasteiger partial charge in [-0.15, -0.1) is 0 Å². The van der Waals surface area contributed by atoms with Gasteiger partial charge < -0.3 is 29.6 Å². The van der Waals surface area contributed by atoms with Crippen molar-refractivity contribution in [2.24, 2.45) is 0 Å². The Kier molecular flexibility index (Phi) is 10.4. The lowest BCUT2D eigenvalue weighted by molar-refractivity contribution is -0.191. The number of nitrogens with zero attached hydrogens (tertiary/aromatic N) is 3. The molecule has 6 N–H and O–H groups in total. The van der Waals surface area contributed by atoms with Crippen molar-refractivity contribution in [1.29, 1.82) is 0 Å². The van der Waals surface area contributed by atoms with Crippen LogP contribution in [-0.2, 0) is 32.9 Å². The number of nitrogen functional groups attached to an aromatic ring is 1. The number of hydrogen-bond acceptors (Lipinski definition) is 12. The number of hydrogen-bond donors (Lipinski definition) is 5. The lowest BCUT2D eigenvalue weighted by atomic mass is 9.97. The van der Waals surface area contributed by atoms with Crippen molar-refractivity contribution >= 4 is 36.7 Å². The van der Waals surface area contributed by atoms with Gasteiger partial charge >= 0.3 is 19.6 Å². The molecule has 236 valence electrons. The van der Waals surface area contributed by atoms with E-state index in [9.17, 15) is 32.8 Å². The first-order valence-corrected chi connectivity index (χ1v) is 14.3. The van der Waals surface area contributed by atoms with Crippen LogP contribution in [0.5, 0.6) is 0 Å². The lowest BCUT2D eigenvalue weighted by Gasteiger charge is -2.33. The number of carbonyl (C=O) groups excluding carboxylic acids is 2. The zero-order valence-corrected chi connectivity index (χ0v) is 24.1. The first-order valence-electron chi connectivity index (χ1n) is 12.7. The highest BCUT2D eigenvalue weighted by Crippen LogP contribution is 2.47. The van der Waals surface area contributed by atoms with Gasteiger partial charge in [-0.25, -0.2) is 28.3 Å². The van der Waals surface area contributed by atoms with Gasteiger partial charge in [0.15, 0.2) is 29.2 Å². The third-order valence-electron chi connectivity index (χ3n) is 5.85. The molecule has 0 aliphatic carbocycles. The van der Waals surface area contributed by atoms with Crippen molar-refractivity contribution in [3.63, 3.8) is 0 Å². The lowest BCUT2D eigenvalue weighted by Crippen LogP contribution is -2.52. The fourth-order valence-electron chi connectivity index (χ4n) is 3.92. The molecule has 3 rings (SSSR count). The molecule has 1 saturated heterocycles. The number of fused-ring (bicyclic) bond motifs is 1. The zero-order valence-electron chi connectivity index (χ0n) is 23.2. The second-order valence-electron chi connectivity index (χ2n) is 9.96. The molecule has 16 nitrogen and oxygen atoms in total. The van der Waals surface area contributed by atoms with Gasteiger partial charge in [-0.2, -0.15) is 4.98 Å². The third-order valence-corrected chi connectivity index (χ3v) is 7.64. The van der Waals surface area contributed by atoms with E-state index >= 15 is 4.39 Å². The number of anilines is 1. The van der Waals surface area contributed by atoms with E-state index in [0.717, 1.165) is 10.9 Å². The minimum Gasteiger partial charge on any atom is -0.462 e. The molecule has 3 heterocycles. The second-order valence-corrected chi connectivity index (χ2v) is 11.9. The smallest absolute Gasteiger partial charge is 0.342 e. The van der Waals surface area contributed by atoms with E-state index in [1.165, 1.54) is 6.92 Å². The average molecular weight is 628 g/mol. The maximum absolute atomic E-state index is 15.4. The number of esters is 2. The van der Waals surface area contributed by atoms with E-state index in [1.807, 2.05) is 0 Å². The molecular weight excluding hydrogens is 594 g/mol. The van der Waals surface area contributed by atoms with Crippen LogP contribution in [0.2, 0.25) is 0 Å². The molecule has 1 aliphatic rings. The van der Waals surface area contributed by atoms with Gasteiger partial charge in [0, 0.05) is 0 Å². The van der Waals surface area contributed by atoms with Crippen molar-refractivity contribution < 1.29 is 51.2 Å². The van der Waals surface area contributed by atoms with E-state index in [0.29, 0.717) is 0 Å². The molecule has 1 aliphatic heterocycles. The number of rotatable bonds is 13. The number of imidazole rings is 1. The van der Waals surface area contributed by atoms with E-state index < -0.39 is 87.1 Å². The van der Waals surface area contributed by atoms with Crippen molar-refractivity contribution in [3.8, 4) is 0 Å². The Balaban J connectivity index is 1.90. The molecule has 0 amide bonds. The Labute approximate surface area is 237 Å². The Bertz CT molecular complexity index is 1390. The number of aromatic nitrogens is 4. The summed E-state index contributed by atoms with van der Waals surface area (Å²) >= 11 is 0. The number of aliphatic hydroxyl groups excluding tert-OH is 1. The number of carbonyl (C=O) groups is 2. The number of aliphatic hydroxyl groups is 1. The Morgan fingerprint density at radius 1 is 1.26 bits per heavy atom. The van der Waals surface area contributed by atoms with Crippen LogP contribution in [0, 0.1) is 0 Å². The topological polar surface area (TPSA) is 222 Å². The summed E-state index contributed by atoms with van der Waals surface area (Å²) in [6.07, 6.45) is -11.0. The molecule has 20 heteroatoms. The molecule has 2 aromatic heterocycles. The van der Waals surface area contributed by atoms with Crippen molar-refractivity contribution in [2.45, 2.75) is 83.4 Å². The van der Waals surface area contributed by atoms with Crippen LogP contribution in [0.4, 0.5) is 19.1 Å². The highest BCUT2D eigenvalue weighted by molar-refractivity contribution is 7.54. The van der Waals surface area contributed by atoms with Gasteiger partial charge in [-0.05, 0) is 34.6 Å². The molecule has 6 atom stereocenters. The predicted molar refractivity (Wildman–Crippen MR) is 139 cm³/mol. The average Bonchev–Trinajstić information content (AvgIpc) is 3.40. The molecular formula is C22H33F3N7O9P. The SMILES string of the molecule is CC(C)OC(=O)CNP(=O)(N[C@@H](C)C(=O)OC(C)C)OC[C@@]1(C(F)F)O[C@@H](n2cnc3c(=O)[nH]c(N)nc32)[C@H](F)[C@@H]1O. The van der Waals surface area contributed by atoms with Crippen LogP contribution in [0.15, 0.2) is 11.1 Å². The van der Waals surface area contributed by atoms with Crippen LogP contribution < -0.4 is 21.5 Å². The van der Waals surface area contributed by atoms with E-state index in [-0.39, 0.29) is 17.1 Å². The Hall–Kier alpha value is -3.09. The van der Waals surface area contributed by atoms with Gasteiger partial charge in [0.1, 0.15) is 18.7 Å². The Morgan fingerprint density at radius 2 is 1.90 bits per heavy atom. The molecule has 2 aromatic rings. The van der Waals surface area contributed by atoms with Gasteiger partial charge in [0.25, 0.3) is 12.0 Å². The first-order chi connectivity index (χ1) is 19.5. The summed E-state index contributed by atoms with van der Waals surface area (Å²) in [6.45, 7) is 5.28. The first kappa shape index (κ1) is 33.4. The highest BCUT2D eigenvalue weighted by atomic mass is 31.2. The van der Waals surface area contributed by atoms with Crippen LogP contribution in [0.1, 0.15) is 40.8 Å². The van der Waals surface area contributed by atoms with Crippen LogP contribution in [0.3, 0.4) is 0 Å². The highest BCUT2D eigenvalue weighted by Gasteiger charge is 2.62. The third kappa shape index (κ3) is 7.27. The largest absolute Gasteiger partial charge is 0.462 e. The van der Waals surface area contributed by atoms with Gasteiger partial charge in [0.2, 0.25) is 5.95 Å². The maximum Gasteiger partial charge on any atom is 0.342 e. The number of H-pyrrole nitrogens is 1. The molecule has 1 fully saturated rings. The maximum atomic E-state index is 15.4. The summed E-state index contributed by atoms with van der Waals surface area (Å²) in [5.74, 6) is -2.17. The normalized spacial score (nSPS) is 24.8. The summed E-state index contributed by atoms with van der Waals surface area (Å²) in [5.41, 5.74) is 0.968. The molecule has 0 radical (unpaired) electrons. The summed E-state index contributed by atoms with van der Waals surface area (Å²) < 4.78 is 79.4. The van der Waals surface area contributed by atoms with Crippen LogP contribution in [0.25, 0.3) is 11.2 Å². The quantitative estimate of drug-likeness (QED) is 0.151. The number of nitrogens with one attached hydrogen (secondary N) is 3. The predicted octanol–water partition coefficient (Wildman–Crippen LogP) is 0.529. The molecule has 1 unspecified atom stereocenters. The molecule has 0 bridgehead atoms. The van der Waals surface area contributed by atoms with Crippen molar-refractivity contribution in [1.82, 2.24) is 29.7 Å². The minimum absolute atomic E-state index is 0.311. The summed E-state index contributed by atoms with van der Waals surface area (Å²) in [5, 5.41) is 15.1. The van der Waals surface area contributed by atoms with Crippen molar-refractivity contribution in [2.75, 3.05) is 18.9 Å². The van der Waals surface area contributed by atoms with E-state index in [1.54, 1.807) is 27.7 Å². The summed E-state index contributed by atoms with van der Waals surface area (Å²) in [6, 6.07) is -1.35. The fourth-order valence-corrected chi connectivity index (χ4v) is 5.52. The fraction of sp³-hybridized carbons (Fsp3) is 0.682. The standard InChI is InChI=1S/C22H33F3N7O9P/c1-9(2)39-12(33)6-28-42(37,31-11(5)19(36)40-10(3)4)38-7-22(20(24)25)15(34)13(23)18(41-22)32-8-27-14-16(32)29-21(26)30-17(14)35/h8-11,13,15,18,20,34H,6-7H2,1-5H3,(H2,28,31,37)(H3,26,29,30,35)/t11-,13+,15-,18+,22+,42?/m0/s1. The summed E-state index contributed by atoms with van der Waals surface area (Å²) in [7, 11) is -4.63. The van der Waals surface area contributed by atoms with E-state index in [4.69, 9.17) is 24.5 Å². The zero-order chi connectivity index (χ0) is 31.6. The van der Waals surface area contributed by atoms with Gasteiger partial charge in [-0.3, -0.25) is 28.5 Å². The number of nitrogens with two attached hydrogens (primary N) is 1. The number of alkyl halides is 3. The molecule has 0 aromatic carbocycles. The van der Waals surface area contributed by atoms with E-state index in [2.05, 4.69) is 25.1 Å². The van der Waals surface area contributed by atoms with Gasteiger partial charge in [0.05, 0.1) is 25.1 Å². The Morgan fingerprint density at radius 3 is 2.50 bits per heavy atom. The molecule has 42 heavy (non-hydrogen) atoms. The second kappa shape index (κ2) is 13.0. The number of aromatic amines is 1. The van der Waals surface area contributed by atoms with Crippen LogP contribution in [-0.4, -0.2) is 92.3 Å². The molecule has 0 saturated carbocycles.